The smallest absolute Gasteiger partial charge is 0.358 e. The molecule has 3 rings (SSSR count). The average Bonchev–Trinajstić information content (AvgIpc) is 3.14. The van der Waals surface area contributed by atoms with Crippen molar-refractivity contribution in [3.8, 4) is 6.07 Å². The molecular weight excluding hydrogens is 366 g/mol. The number of amides is 1. The Morgan fingerprint density at radius 1 is 1.59 bits per heavy atom. The predicted octanol–water partition coefficient (Wildman–Crippen LogP) is 3.58. The lowest BCUT2D eigenvalue weighted by Gasteiger charge is -2.17. The Kier molecular flexibility index (Phi) is 5.56. The second kappa shape index (κ2) is 7.88. The van der Waals surface area contributed by atoms with E-state index in [0.29, 0.717) is 35.1 Å². The fourth-order valence-electron chi connectivity index (χ4n) is 3.34. The van der Waals surface area contributed by atoms with Gasteiger partial charge in [0.2, 0.25) is 5.91 Å². The number of carbonyl (C=O) groups excluding carboxylic acids is 1. The number of aromatic nitrogens is 2. The van der Waals surface area contributed by atoms with Crippen LogP contribution in [-0.2, 0) is 24.2 Å². The number of thiophene rings is 1. The number of rotatable bonds is 6. The highest BCUT2D eigenvalue weighted by Crippen LogP contribution is 2.39. The van der Waals surface area contributed by atoms with E-state index in [1.54, 1.807) is 6.92 Å². The van der Waals surface area contributed by atoms with Gasteiger partial charge >= 0.3 is 5.82 Å². The molecule has 0 unspecified atom stereocenters. The second-order valence-corrected chi connectivity index (χ2v) is 8.05. The predicted molar refractivity (Wildman–Crippen MR) is 102 cm³/mol. The molecule has 1 aliphatic rings. The fourth-order valence-corrected chi connectivity index (χ4v) is 4.72. The second-order valence-electron chi connectivity index (χ2n) is 6.94. The molecule has 142 valence electrons. The van der Waals surface area contributed by atoms with Gasteiger partial charge in [0.05, 0.1) is 29.0 Å². The van der Waals surface area contributed by atoms with Gasteiger partial charge in [-0.3, -0.25) is 4.79 Å². The topological polar surface area (TPSA) is 114 Å². The van der Waals surface area contributed by atoms with Gasteiger partial charge in [0, 0.05) is 11.3 Å². The fraction of sp³-hybridized carbons (Fsp3) is 0.500. The maximum Gasteiger partial charge on any atom is 0.390 e. The van der Waals surface area contributed by atoms with Gasteiger partial charge in [-0.25, -0.2) is 0 Å². The summed E-state index contributed by atoms with van der Waals surface area (Å²) in [6.07, 6.45) is 3.69. The summed E-state index contributed by atoms with van der Waals surface area (Å²) in [6, 6.07) is 3.66. The van der Waals surface area contributed by atoms with E-state index in [1.165, 1.54) is 27.0 Å². The summed E-state index contributed by atoms with van der Waals surface area (Å²) in [5, 5.41) is 27.7. The molecule has 27 heavy (non-hydrogen) atoms. The molecule has 2 aromatic heterocycles. The van der Waals surface area contributed by atoms with Crippen molar-refractivity contribution in [2.75, 3.05) is 5.32 Å². The summed E-state index contributed by atoms with van der Waals surface area (Å²) in [5.74, 6) is 0.263. The number of fused-ring (bicyclic) bond motifs is 1. The van der Waals surface area contributed by atoms with E-state index in [2.05, 4.69) is 23.4 Å². The highest BCUT2D eigenvalue weighted by atomic mass is 32.1. The standard InChI is InChI=1S/C18H21N5O3S/c1-11-5-6-13-14(10-19)18(27-15(13)8-11)20-17(24)4-3-7-22-12(2)9-16(21-22)23(25)26/h9,11H,3-8H2,1-2H3,(H,20,24)/t11-/m0/s1. The van der Waals surface area contributed by atoms with E-state index in [9.17, 15) is 20.2 Å². The quantitative estimate of drug-likeness (QED) is 0.601. The van der Waals surface area contributed by atoms with E-state index < -0.39 is 4.92 Å². The SMILES string of the molecule is Cc1cc([N+](=O)[O-])nn1CCCC(=O)Nc1sc2c(c1C#N)CC[C@H](C)C2. The van der Waals surface area contributed by atoms with Crippen molar-refractivity contribution < 1.29 is 9.72 Å². The molecule has 0 radical (unpaired) electrons. The van der Waals surface area contributed by atoms with Gasteiger partial charge in [-0.15, -0.1) is 11.3 Å². The van der Waals surface area contributed by atoms with E-state index >= 15 is 0 Å². The van der Waals surface area contributed by atoms with Crippen molar-refractivity contribution in [1.29, 1.82) is 5.26 Å². The molecule has 0 aliphatic heterocycles. The van der Waals surface area contributed by atoms with E-state index in [-0.39, 0.29) is 18.1 Å². The lowest BCUT2D eigenvalue weighted by atomic mass is 9.88. The highest BCUT2D eigenvalue weighted by molar-refractivity contribution is 7.16. The Morgan fingerprint density at radius 3 is 3.04 bits per heavy atom. The molecule has 0 saturated heterocycles. The third-order valence-corrected chi connectivity index (χ3v) is 5.98. The van der Waals surface area contributed by atoms with Gasteiger partial charge < -0.3 is 15.4 Å². The maximum absolute atomic E-state index is 12.3. The van der Waals surface area contributed by atoms with Crippen molar-refractivity contribution in [3.63, 3.8) is 0 Å². The third-order valence-electron chi connectivity index (χ3n) is 4.81. The Bertz CT molecular complexity index is 924. The molecule has 2 heterocycles. The summed E-state index contributed by atoms with van der Waals surface area (Å²) in [5.41, 5.74) is 2.39. The van der Waals surface area contributed by atoms with Crippen molar-refractivity contribution in [2.24, 2.45) is 5.92 Å². The minimum atomic E-state index is -0.529. The normalized spacial score (nSPS) is 15.8. The molecule has 1 N–H and O–H groups in total. The van der Waals surface area contributed by atoms with Crippen LogP contribution in [0.4, 0.5) is 10.8 Å². The van der Waals surface area contributed by atoms with E-state index in [1.807, 2.05) is 0 Å². The van der Waals surface area contributed by atoms with Gasteiger partial charge in [-0.2, -0.15) is 9.94 Å². The molecule has 0 aromatic carbocycles. The Hall–Kier alpha value is -2.73. The number of hydrogen-bond acceptors (Lipinski definition) is 6. The zero-order valence-electron chi connectivity index (χ0n) is 15.3. The summed E-state index contributed by atoms with van der Waals surface area (Å²) in [7, 11) is 0. The van der Waals surface area contributed by atoms with Crippen LogP contribution in [0.3, 0.4) is 0 Å². The molecule has 0 bridgehead atoms. The lowest BCUT2D eigenvalue weighted by molar-refractivity contribution is -0.389. The minimum Gasteiger partial charge on any atom is -0.358 e. The largest absolute Gasteiger partial charge is 0.390 e. The molecule has 1 amide bonds. The van der Waals surface area contributed by atoms with Crippen molar-refractivity contribution in [3.05, 3.63) is 37.9 Å². The number of hydrogen-bond donors (Lipinski definition) is 1. The zero-order valence-corrected chi connectivity index (χ0v) is 16.1. The number of anilines is 1. The first-order chi connectivity index (χ1) is 12.9. The number of nitro groups is 1. The molecular formula is C18H21N5O3S. The van der Waals surface area contributed by atoms with Crippen LogP contribution >= 0.6 is 11.3 Å². The van der Waals surface area contributed by atoms with Gasteiger partial charge in [-0.05, 0) is 49.0 Å². The van der Waals surface area contributed by atoms with E-state index in [4.69, 9.17) is 0 Å². The van der Waals surface area contributed by atoms with Gasteiger partial charge in [0.1, 0.15) is 11.1 Å². The summed E-state index contributed by atoms with van der Waals surface area (Å²) < 4.78 is 1.54. The first-order valence-electron chi connectivity index (χ1n) is 8.92. The first kappa shape index (κ1) is 19.0. The Balaban J connectivity index is 1.59. The van der Waals surface area contributed by atoms with Crippen LogP contribution in [0.25, 0.3) is 0 Å². The first-order valence-corrected chi connectivity index (χ1v) is 9.74. The van der Waals surface area contributed by atoms with Crippen LogP contribution in [0.5, 0.6) is 0 Å². The molecule has 0 spiro atoms. The zero-order chi connectivity index (χ0) is 19.6. The van der Waals surface area contributed by atoms with Crippen molar-refractivity contribution >= 4 is 28.1 Å². The molecule has 1 atom stereocenters. The molecule has 9 heteroatoms. The lowest BCUT2D eigenvalue weighted by Crippen LogP contribution is -2.13. The van der Waals surface area contributed by atoms with Crippen LogP contribution in [0.2, 0.25) is 0 Å². The van der Waals surface area contributed by atoms with Crippen molar-refractivity contribution in [2.45, 2.75) is 52.5 Å². The van der Waals surface area contributed by atoms with Crippen LogP contribution in [0, 0.1) is 34.3 Å². The Morgan fingerprint density at radius 2 is 2.37 bits per heavy atom. The number of aryl methyl sites for hydroxylation is 2. The van der Waals surface area contributed by atoms with Crippen LogP contribution in [0.1, 0.15) is 47.9 Å². The summed E-state index contributed by atoms with van der Waals surface area (Å²) in [6.45, 7) is 4.38. The van der Waals surface area contributed by atoms with E-state index in [0.717, 1.165) is 24.8 Å². The number of nitrogens with one attached hydrogen (secondary N) is 1. The molecule has 8 nitrogen and oxygen atoms in total. The molecule has 2 aromatic rings. The van der Waals surface area contributed by atoms with Gasteiger partial charge in [0.15, 0.2) is 0 Å². The molecule has 1 aliphatic carbocycles. The highest BCUT2D eigenvalue weighted by Gasteiger charge is 2.24. The molecule has 0 fully saturated rings. The van der Waals surface area contributed by atoms with Gasteiger partial charge in [0.25, 0.3) is 0 Å². The van der Waals surface area contributed by atoms with Crippen molar-refractivity contribution in [1.82, 2.24) is 9.78 Å². The number of nitrogens with zero attached hydrogens (tertiary/aromatic N) is 4. The van der Waals surface area contributed by atoms with Crippen LogP contribution in [-0.4, -0.2) is 20.6 Å². The van der Waals surface area contributed by atoms with Crippen LogP contribution in [0.15, 0.2) is 6.07 Å². The number of carbonyl (C=O) groups is 1. The number of nitriles is 1. The van der Waals surface area contributed by atoms with Gasteiger partial charge in [-0.1, -0.05) is 6.92 Å². The summed E-state index contributed by atoms with van der Waals surface area (Å²) in [4.78, 5) is 23.7. The monoisotopic (exact) mass is 387 g/mol. The Labute approximate surface area is 161 Å². The third kappa shape index (κ3) is 4.17. The van der Waals surface area contributed by atoms with Crippen LogP contribution < -0.4 is 5.32 Å². The summed E-state index contributed by atoms with van der Waals surface area (Å²) >= 11 is 1.51. The maximum atomic E-state index is 12.3. The average molecular weight is 387 g/mol. The molecule has 0 saturated carbocycles. The minimum absolute atomic E-state index is 0.155.